The molecule has 0 aliphatic carbocycles. The Kier molecular flexibility index (Phi) is 3.61. The molecule has 1 aliphatic heterocycles. The van der Waals surface area contributed by atoms with Crippen molar-refractivity contribution in [1.29, 1.82) is 0 Å². The van der Waals surface area contributed by atoms with Gasteiger partial charge in [0, 0.05) is 25.2 Å². The molecule has 1 N–H and O–H groups in total. The van der Waals surface area contributed by atoms with Crippen LogP contribution in [0.2, 0.25) is 5.02 Å². The molecule has 3 nitrogen and oxygen atoms in total. The van der Waals surface area contributed by atoms with Crippen molar-refractivity contribution < 1.29 is 9.84 Å². The van der Waals surface area contributed by atoms with Gasteiger partial charge in [-0.3, -0.25) is 4.90 Å². The van der Waals surface area contributed by atoms with Crippen LogP contribution < -0.4 is 0 Å². The Labute approximate surface area is 107 Å². The van der Waals surface area contributed by atoms with Crippen LogP contribution in [-0.2, 0) is 11.3 Å². The first-order valence-electron chi connectivity index (χ1n) is 5.81. The molecule has 0 amide bonds. The first kappa shape index (κ1) is 12.7. The third kappa shape index (κ3) is 3.12. The van der Waals surface area contributed by atoms with Crippen molar-refractivity contribution in [3.63, 3.8) is 0 Å². The van der Waals surface area contributed by atoms with E-state index in [1.807, 2.05) is 12.1 Å². The monoisotopic (exact) mass is 255 g/mol. The summed E-state index contributed by atoms with van der Waals surface area (Å²) in [7, 11) is 0. The molecule has 0 atom stereocenters. The second-order valence-electron chi connectivity index (χ2n) is 5.07. The highest BCUT2D eigenvalue weighted by Crippen LogP contribution is 2.29. The molecule has 0 spiro atoms. The van der Waals surface area contributed by atoms with Gasteiger partial charge in [-0.25, -0.2) is 0 Å². The molecule has 1 aromatic rings. The Hall–Kier alpha value is -0.770. The second-order valence-corrected chi connectivity index (χ2v) is 5.47. The van der Waals surface area contributed by atoms with Crippen molar-refractivity contribution in [3.8, 4) is 5.75 Å². The van der Waals surface area contributed by atoms with Gasteiger partial charge in [-0.15, -0.1) is 0 Å². The summed E-state index contributed by atoms with van der Waals surface area (Å²) < 4.78 is 5.66. The van der Waals surface area contributed by atoms with Crippen molar-refractivity contribution in [3.05, 3.63) is 28.8 Å². The number of phenolic OH excluding ortho intramolecular Hbond substituents is 1. The molecule has 1 fully saturated rings. The fourth-order valence-corrected chi connectivity index (χ4v) is 2.37. The molecule has 0 unspecified atom stereocenters. The number of para-hydroxylation sites is 1. The van der Waals surface area contributed by atoms with Crippen molar-refractivity contribution in [2.24, 2.45) is 0 Å². The quantitative estimate of drug-likeness (QED) is 0.882. The minimum Gasteiger partial charge on any atom is -0.506 e. The number of ether oxygens (including phenoxy) is 1. The molecule has 1 aliphatic rings. The largest absolute Gasteiger partial charge is 0.506 e. The minimum absolute atomic E-state index is 0.119. The SMILES string of the molecule is CC1(C)CN(Cc2cccc(Cl)c2O)CCO1. The molecule has 94 valence electrons. The number of aromatic hydroxyl groups is 1. The summed E-state index contributed by atoms with van der Waals surface area (Å²) in [6, 6.07) is 5.47. The minimum atomic E-state index is -0.119. The van der Waals surface area contributed by atoms with Gasteiger partial charge in [0.15, 0.2) is 0 Å². The highest BCUT2D eigenvalue weighted by molar-refractivity contribution is 6.32. The molecule has 1 heterocycles. The summed E-state index contributed by atoms with van der Waals surface area (Å²) >= 11 is 5.89. The maximum absolute atomic E-state index is 9.87. The van der Waals surface area contributed by atoms with Gasteiger partial charge in [-0.05, 0) is 19.9 Å². The van der Waals surface area contributed by atoms with Crippen LogP contribution in [0.25, 0.3) is 0 Å². The molecule has 1 aromatic carbocycles. The normalized spacial score (nSPS) is 20.4. The van der Waals surface area contributed by atoms with E-state index in [1.54, 1.807) is 6.07 Å². The predicted molar refractivity (Wildman–Crippen MR) is 68.4 cm³/mol. The third-order valence-corrected chi connectivity index (χ3v) is 3.27. The molecule has 1 saturated heterocycles. The topological polar surface area (TPSA) is 32.7 Å². The average molecular weight is 256 g/mol. The molecule has 2 rings (SSSR count). The van der Waals surface area contributed by atoms with Gasteiger partial charge in [0.1, 0.15) is 5.75 Å². The van der Waals surface area contributed by atoms with Gasteiger partial charge in [0.25, 0.3) is 0 Å². The van der Waals surface area contributed by atoms with Crippen LogP contribution in [0.3, 0.4) is 0 Å². The molecular formula is C13H18ClNO2. The number of rotatable bonds is 2. The van der Waals surface area contributed by atoms with Crippen LogP contribution in [0, 0.1) is 0 Å². The van der Waals surface area contributed by atoms with E-state index in [1.165, 1.54) is 0 Å². The third-order valence-electron chi connectivity index (χ3n) is 2.97. The fourth-order valence-electron chi connectivity index (χ4n) is 2.18. The highest BCUT2D eigenvalue weighted by Gasteiger charge is 2.27. The van der Waals surface area contributed by atoms with Crippen molar-refractivity contribution in [1.82, 2.24) is 4.90 Å². The van der Waals surface area contributed by atoms with E-state index in [2.05, 4.69) is 18.7 Å². The maximum Gasteiger partial charge on any atom is 0.138 e. The molecule has 0 aromatic heterocycles. The number of hydrogen-bond donors (Lipinski definition) is 1. The van der Waals surface area contributed by atoms with Crippen LogP contribution in [-0.4, -0.2) is 35.3 Å². The predicted octanol–water partition coefficient (Wildman–Crippen LogP) is 2.66. The lowest BCUT2D eigenvalue weighted by molar-refractivity contribution is -0.0883. The fraction of sp³-hybridized carbons (Fsp3) is 0.538. The van der Waals surface area contributed by atoms with Gasteiger partial charge < -0.3 is 9.84 Å². The van der Waals surface area contributed by atoms with E-state index in [9.17, 15) is 5.11 Å². The second kappa shape index (κ2) is 4.84. The van der Waals surface area contributed by atoms with E-state index in [-0.39, 0.29) is 11.4 Å². The van der Waals surface area contributed by atoms with Crippen molar-refractivity contribution >= 4 is 11.6 Å². The number of benzene rings is 1. The zero-order chi connectivity index (χ0) is 12.5. The molecular weight excluding hydrogens is 238 g/mol. The molecule has 0 bridgehead atoms. The van der Waals surface area contributed by atoms with E-state index in [0.717, 1.165) is 25.3 Å². The smallest absolute Gasteiger partial charge is 0.138 e. The summed E-state index contributed by atoms with van der Waals surface area (Å²) in [5.74, 6) is 0.193. The number of morpholine rings is 1. The van der Waals surface area contributed by atoms with E-state index < -0.39 is 0 Å². The lowest BCUT2D eigenvalue weighted by Gasteiger charge is -2.38. The van der Waals surface area contributed by atoms with Gasteiger partial charge in [-0.2, -0.15) is 0 Å². The van der Waals surface area contributed by atoms with Gasteiger partial charge in [-0.1, -0.05) is 23.7 Å². The maximum atomic E-state index is 9.87. The molecule has 0 radical (unpaired) electrons. The number of phenols is 1. The molecule has 0 saturated carbocycles. The van der Waals surface area contributed by atoms with Crippen LogP contribution in [0.4, 0.5) is 0 Å². The Morgan fingerprint density at radius 2 is 2.24 bits per heavy atom. The Morgan fingerprint density at radius 1 is 1.47 bits per heavy atom. The Balaban J connectivity index is 2.08. The highest BCUT2D eigenvalue weighted by atomic mass is 35.5. The zero-order valence-electron chi connectivity index (χ0n) is 10.2. The summed E-state index contributed by atoms with van der Waals surface area (Å²) in [6.45, 7) is 7.34. The number of hydrogen-bond acceptors (Lipinski definition) is 3. The van der Waals surface area contributed by atoms with Gasteiger partial charge in [0.2, 0.25) is 0 Å². The Morgan fingerprint density at radius 3 is 2.94 bits per heavy atom. The average Bonchev–Trinajstić information content (AvgIpc) is 2.23. The summed E-state index contributed by atoms with van der Waals surface area (Å²) in [4.78, 5) is 2.27. The van der Waals surface area contributed by atoms with E-state index in [0.29, 0.717) is 11.6 Å². The summed E-state index contributed by atoms with van der Waals surface area (Å²) in [5.41, 5.74) is 0.752. The van der Waals surface area contributed by atoms with Crippen LogP contribution >= 0.6 is 11.6 Å². The van der Waals surface area contributed by atoms with Crippen LogP contribution in [0.5, 0.6) is 5.75 Å². The van der Waals surface area contributed by atoms with E-state index in [4.69, 9.17) is 16.3 Å². The number of halogens is 1. The zero-order valence-corrected chi connectivity index (χ0v) is 11.0. The van der Waals surface area contributed by atoms with Crippen LogP contribution in [0.15, 0.2) is 18.2 Å². The van der Waals surface area contributed by atoms with Crippen molar-refractivity contribution in [2.45, 2.75) is 26.0 Å². The molecule has 4 heteroatoms. The van der Waals surface area contributed by atoms with E-state index >= 15 is 0 Å². The first-order valence-corrected chi connectivity index (χ1v) is 6.18. The lowest BCUT2D eigenvalue weighted by atomic mass is 10.1. The lowest BCUT2D eigenvalue weighted by Crippen LogP contribution is -2.47. The summed E-state index contributed by atoms with van der Waals surface area (Å²) in [6.07, 6.45) is 0. The first-order chi connectivity index (χ1) is 7.98. The standard InChI is InChI=1S/C13H18ClNO2/c1-13(2)9-15(6-7-17-13)8-10-4-3-5-11(14)12(10)16/h3-5,16H,6-9H2,1-2H3. The van der Waals surface area contributed by atoms with Crippen molar-refractivity contribution in [2.75, 3.05) is 19.7 Å². The van der Waals surface area contributed by atoms with Crippen LogP contribution in [0.1, 0.15) is 19.4 Å². The molecule has 17 heavy (non-hydrogen) atoms. The Bertz CT molecular complexity index is 406. The van der Waals surface area contributed by atoms with Gasteiger partial charge >= 0.3 is 0 Å². The summed E-state index contributed by atoms with van der Waals surface area (Å²) in [5, 5.41) is 10.3. The number of nitrogens with zero attached hydrogens (tertiary/aromatic N) is 1. The van der Waals surface area contributed by atoms with Gasteiger partial charge in [0.05, 0.1) is 17.2 Å².